The number of pyridine rings is 1. The second-order valence-electron chi connectivity index (χ2n) is 4.90. The minimum absolute atomic E-state index is 0.106. The third-order valence-electron chi connectivity index (χ3n) is 3.44. The Hall–Kier alpha value is -2.36. The number of nitrogens with one attached hydrogen (secondary N) is 2. The quantitative estimate of drug-likeness (QED) is 0.713. The Morgan fingerprint density at radius 3 is 2.95 bits per heavy atom. The molecule has 0 radical (unpaired) electrons. The van der Waals surface area contributed by atoms with E-state index in [1.165, 1.54) is 0 Å². The Morgan fingerprint density at radius 1 is 1.25 bits per heavy atom. The average Bonchev–Trinajstić information content (AvgIpc) is 2.85. The second kappa shape index (κ2) is 5.33. The molecule has 2 N–H and O–H groups in total. The summed E-state index contributed by atoms with van der Waals surface area (Å²) in [6.45, 7) is 2.80. The molecule has 0 spiro atoms. The Bertz CT molecular complexity index is 761. The van der Waals surface area contributed by atoms with E-state index in [0.29, 0.717) is 12.2 Å². The first kappa shape index (κ1) is 12.7. The van der Waals surface area contributed by atoms with Gasteiger partial charge in [0.2, 0.25) is 0 Å². The first-order valence-electron chi connectivity index (χ1n) is 6.94. The van der Waals surface area contributed by atoms with Gasteiger partial charge in [-0.3, -0.25) is 4.79 Å². The van der Waals surface area contributed by atoms with Crippen LogP contribution >= 0.6 is 0 Å². The van der Waals surface area contributed by atoms with E-state index in [4.69, 9.17) is 0 Å². The minimum Gasteiger partial charge on any atom is -0.353 e. The van der Waals surface area contributed by atoms with E-state index in [-0.39, 0.29) is 5.91 Å². The van der Waals surface area contributed by atoms with E-state index >= 15 is 0 Å². The fourth-order valence-corrected chi connectivity index (χ4v) is 2.34. The summed E-state index contributed by atoms with van der Waals surface area (Å²) < 4.78 is 0. The number of amides is 1. The first-order chi connectivity index (χ1) is 9.79. The molecule has 0 aliphatic rings. The number of hydrogen-bond acceptors (Lipinski definition) is 2. The molecule has 4 nitrogen and oxygen atoms in total. The van der Waals surface area contributed by atoms with Gasteiger partial charge in [0.1, 0.15) is 5.69 Å². The summed E-state index contributed by atoms with van der Waals surface area (Å²) in [5, 5.41) is 5.05. The molecule has 1 amide bonds. The monoisotopic (exact) mass is 267 g/mol. The molecule has 1 aromatic carbocycles. The van der Waals surface area contributed by atoms with Crippen LogP contribution in [0, 0.1) is 0 Å². The fourth-order valence-electron chi connectivity index (χ4n) is 2.34. The average molecular weight is 267 g/mol. The lowest BCUT2D eigenvalue weighted by molar-refractivity contribution is 0.0948. The SMILES string of the molecule is CCCCNC(=O)c1cc2c(cn1)[nH]c1ccccc12. The molecule has 0 bridgehead atoms. The number of aromatic nitrogens is 2. The number of benzene rings is 1. The molecule has 0 aliphatic heterocycles. The van der Waals surface area contributed by atoms with E-state index in [1.54, 1.807) is 6.20 Å². The summed E-state index contributed by atoms with van der Waals surface area (Å²) in [5.41, 5.74) is 2.49. The van der Waals surface area contributed by atoms with E-state index in [2.05, 4.69) is 22.2 Å². The van der Waals surface area contributed by atoms with Gasteiger partial charge in [-0.2, -0.15) is 0 Å². The molecule has 0 atom stereocenters. The van der Waals surface area contributed by atoms with Crippen LogP contribution in [0.25, 0.3) is 21.8 Å². The summed E-state index contributed by atoms with van der Waals surface area (Å²) in [4.78, 5) is 19.6. The maximum atomic E-state index is 12.0. The van der Waals surface area contributed by atoms with Gasteiger partial charge in [-0.15, -0.1) is 0 Å². The molecule has 0 saturated carbocycles. The van der Waals surface area contributed by atoms with Crippen molar-refractivity contribution in [2.75, 3.05) is 6.54 Å². The van der Waals surface area contributed by atoms with E-state index in [0.717, 1.165) is 34.6 Å². The molecule has 0 aliphatic carbocycles. The van der Waals surface area contributed by atoms with Crippen LogP contribution in [0.1, 0.15) is 30.3 Å². The van der Waals surface area contributed by atoms with Crippen molar-refractivity contribution in [2.24, 2.45) is 0 Å². The number of carbonyl (C=O) groups excluding carboxylic acids is 1. The fraction of sp³-hybridized carbons (Fsp3) is 0.250. The van der Waals surface area contributed by atoms with Crippen molar-refractivity contribution in [1.82, 2.24) is 15.3 Å². The zero-order valence-electron chi connectivity index (χ0n) is 11.4. The topological polar surface area (TPSA) is 57.8 Å². The van der Waals surface area contributed by atoms with Crippen molar-refractivity contribution >= 4 is 27.7 Å². The molecule has 102 valence electrons. The summed E-state index contributed by atoms with van der Waals surface area (Å²) in [7, 11) is 0. The molecule has 3 aromatic rings. The van der Waals surface area contributed by atoms with Crippen LogP contribution in [0.3, 0.4) is 0 Å². The van der Waals surface area contributed by atoms with Crippen LogP contribution in [0.2, 0.25) is 0 Å². The molecule has 0 saturated heterocycles. The number of para-hydroxylation sites is 1. The van der Waals surface area contributed by atoms with E-state index in [1.807, 2.05) is 30.3 Å². The number of aromatic amines is 1. The van der Waals surface area contributed by atoms with Gasteiger partial charge in [-0.25, -0.2) is 4.98 Å². The van der Waals surface area contributed by atoms with E-state index < -0.39 is 0 Å². The third kappa shape index (κ3) is 2.25. The normalized spacial score (nSPS) is 11.1. The highest BCUT2D eigenvalue weighted by atomic mass is 16.1. The van der Waals surface area contributed by atoms with Gasteiger partial charge in [-0.05, 0) is 18.6 Å². The Labute approximate surface area is 117 Å². The van der Waals surface area contributed by atoms with Gasteiger partial charge in [0.15, 0.2) is 0 Å². The first-order valence-corrected chi connectivity index (χ1v) is 6.94. The summed E-state index contributed by atoms with van der Waals surface area (Å²) >= 11 is 0. The van der Waals surface area contributed by atoms with Crippen molar-refractivity contribution in [2.45, 2.75) is 19.8 Å². The number of rotatable bonds is 4. The number of unbranched alkanes of at least 4 members (excludes halogenated alkanes) is 1. The maximum Gasteiger partial charge on any atom is 0.269 e. The lowest BCUT2D eigenvalue weighted by Crippen LogP contribution is -2.25. The number of nitrogens with zero attached hydrogens (tertiary/aromatic N) is 1. The van der Waals surface area contributed by atoms with Gasteiger partial charge in [-0.1, -0.05) is 31.5 Å². The molecule has 4 heteroatoms. The molecule has 2 aromatic heterocycles. The van der Waals surface area contributed by atoms with Crippen LogP contribution in [0.15, 0.2) is 36.5 Å². The van der Waals surface area contributed by atoms with Crippen molar-refractivity contribution in [1.29, 1.82) is 0 Å². The number of fused-ring (bicyclic) bond motifs is 3. The standard InChI is InChI=1S/C16H17N3O/c1-2-3-8-17-16(20)14-9-12-11-6-4-5-7-13(11)19-15(12)10-18-14/h4-7,9-10,19H,2-3,8H2,1H3,(H,17,20). The Kier molecular flexibility index (Phi) is 3.37. The second-order valence-corrected chi connectivity index (χ2v) is 4.90. The molecule has 0 fully saturated rings. The predicted molar refractivity (Wildman–Crippen MR) is 80.8 cm³/mol. The number of carbonyl (C=O) groups is 1. The zero-order chi connectivity index (χ0) is 13.9. The number of hydrogen-bond donors (Lipinski definition) is 2. The molecule has 20 heavy (non-hydrogen) atoms. The van der Waals surface area contributed by atoms with Crippen LogP contribution < -0.4 is 5.32 Å². The van der Waals surface area contributed by atoms with Gasteiger partial charge in [0.05, 0.1) is 11.7 Å². The van der Waals surface area contributed by atoms with Crippen LogP contribution in [0.4, 0.5) is 0 Å². The van der Waals surface area contributed by atoms with Gasteiger partial charge in [0.25, 0.3) is 5.91 Å². The van der Waals surface area contributed by atoms with Gasteiger partial charge < -0.3 is 10.3 Å². The van der Waals surface area contributed by atoms with Gasteiger partial charge in [0, 0.05) is 22.8 Å². The molecular weight excluding hydrogens is 250 g/mol. The predicted octanol–water partition coefficient (Wildman–Crippen LogP) is 3.25. The Balaban J connectivity index is 1.97. The van der Waals surface area contributed by atoms with Crippen LogP contribution in [-0.2, 0) is 0 Å². The minimum atomic E-state index is -0.106. The van der Waals surface area contributed by atoms with Crippen LogP contribution in [0.5, 0.6) is 0 Å². The largest absolute Gasteiger partial charge is 0.353 e. The third-order valence-corrected chi connectivity index (χ3v) is 3.44. The highest BCUT2D eigenvalue weighted by molar-refractivity contribution is 6.09. The smallest absolute Gasteiger partial charge is 0.269 e. The Morgan fingerprint density at radius 2 is 2.10 bits per heavy atom. The van der Waals surface area contributed by atoms with E-state index in [9.17, 15) is 4.79 Å². The van der Waals surface area contributed by atoms with Crippen molar-refractivity contribution in [3.63, 3.8) is 0 Å². The van der Waals surface area contributed by atoms with Crippen molar-refractivity contribution in [3.8, 4) is 0 Å². The molecular formula is C16H17N3O. The molecule has 2 heterocycles. The lowest BCUT2D eigenvalue weighted by Gasteiger charge is -2.03. The highest BCUT2D eigenvalue weighted by Gasteiger charge is 2.10. The zero-order valence-corrected chi connectivity index (χ0v) is 11.4. The summed E-state index contributed by atoms with van der Waals surface area (Å²) in [6, 6.07) is 9.92. The maximum absolute atomic E-state index is 12.0. The van der Waals surface area contributed by atoms with Gasteiger partial charge >= 0.3 is 0 Å². The van der Waals surface area contributed by atoms with Crippen molar-refractivity contribution < 1.29 is 4.79 Å². The summed E-state index contributed by atoms with van der Waals surface area (Å²) in [5.74, 6) is -0.106. The highest BCUT2D eigenvalue weighted by Crippen LogP contribution is 2.24. The lowest BCUT2D eigenvalue weighted by atomic mass is 10.1. The van der Waals surface area contributed by atoms with Crippen LogP contribution in [-0.4, -0.2) is 22.4 Å². The molecule has 3 rings (SSSR count). The summed E-state index contributed by atoms with van der Waals surface area (Å²) in [6.07, 6.45) is 3.78. The number of H-pyrrole nitrogens is 1. The molecule has 0 unspecified atom stereocenters. The van der Waals surface area contributed by atoms with Crippen molar-refractivity contribution in [3.05, 3.63) is 42.2 Å².